The van der Waals surface area contributed by atoms with Crippen LogP contribution in [-0.2, 0) is 15.6 Å². The number of amides is 1. The van der Waals surface area contributed by atoms with Crippen molar-refractivity contribution in [2.45, 2.75) is 91.5 Å². The molecule has 1 aliphatic heterocycles. The highest BCUT2D eigenvalue weighted by Gasteiger charge is 2.33. The fourth-order valence-corrected chi connectivity index (χ4v) is 4.22. The number of amidine groups is 1. The van der Waals surface area contributed by atoms with Crippen LogP contribution in [0.25, 0.3) is 0 Å². The monoisotopic (exact) mass is 523 g/mol. The number of likely N-dealkylation sites (tertiary alicyclic amines) is 1. The van der Waals surface area contributed by atoms with Gasteiger partial charge in [0.2, 0.25) is 5.91 Å². The van der Waals surface area contributed by atoms with Crippen LogP contribution in [0.5, 0.6) is 5.75 Å². The molecule has 1 unspecified atom stereocenters. The van der Waals surface area contributed by atoms with Gasteiger partial charge in [0.05, 0.1) is 12.6 Å². The molecular formula is C26H42BrN3O3. The first-order chi connectivity index (χ1) is 14.7. The van der Waals surface area contributed by atoms with Gasteiger partial charge >= 0.3 is 0 Å². The highest BCUT2D eigenvalue weighted by Crippen LogP contribution is 2.40. The number of halogens is 1. The van der Waals surface area contributed by atoms with Crippen LogP contribution in [-0.4, -0.2) is 46.7 Å². The van der Waals surface area contributed by atoms with Crippen molar-refractivity contribution in [3.8, 4) is 5.75 Å². The van der Waals surface area contributed by atoms with Crippen molar-refractivity contribution >= 4 is 34.5 Å². The lowest BCUT2D eigenvalue weighted by molar-refractivity contribution is -0.125. The first kappa shape index (κ1) is 29.1. The molecule has 1 aliphatic rings. The van der Waals surface area contributed by atoms with E-state index in [9.17, 15) is 14.7 Å². The third-order valence-electron chi connectivity index (χ3n) is 6.41. The van der Waals surface area contributed by atoms with E-state index in [2.05, 4.69) is 5.32 Å². The summed E-state index contributed by atoms with van der Waals surface area (Å²) in [5.41, 5.74) is 1.42. The highest BCUT2D eigenvalue weighted by molar-refractivity contribution is 8.93. The topological polar surface area (TPSA) is 93.5 Å². The van der Waals surface area contributed by atoms with Crippen molar-refractivity contribution in [2.75, 3.05) is 13.1 Å². The van der Waals surface area contributed by atoms with Crippen LogP contribution < -0.4 is 5.32 Å². The molecule has 0 radical (unpaired) electrons. The molecule has 1 saturated heterocycles. The molecule has 6 nitrogen and oxygen atoms in total. The van der Waals surface area contributed by atoms with Gasteiger partial charge < -0.3 is 15.3 Å². The number of phenols is 1. The zero-order valence-corrected chi connectivity index (χ0v) is 23.2. The number of carbonyl (C=O) groups excluding carboxylic acids is 2. The van der Waals surface area contributed by atoms with Gasteiger partial charge in [0.25, 0.3) is 0 Å². The molecule has 0 aliphatic carbocycles. The third kappa shape index (κ3) is 6.81. The average Bonchev–Trinajstić information content (AvgIpc) is 3.00. The molecule has 0 bridgehead atoms. The van der Waals surface area contributed by atoms with Crippen molar-refractivity contribution < 1.29 is 14.7 Å². The number of hydrogen-bond donors (Lipinski definition) is 3. The molecular weight excluding hydrogens is 482 g/mol. The number of Topliss-reactive ketones (excluding diaryl/α,β-unsaturated/α-hetero) is 1. The van der Waals surface area contributed by atoms with E-state index < -0.39 is 0 Å². The summed E-state index contributed by atoms with van der Waals surface area (Å²) in [6.07, 6.45) is 2.18. The minimum atomic E-state index is -0.342. The summed E-state index contributed by atoms with van der Waals surface area (Å²) >= 11 is 0. The Morgan fingerprint density at radius 2 is 1.58 bits per heavy atom. The average molecular weight is 525 g/mol. The number of aromatic hydroxyl groups is 1. The van der Waals surface area contributed by atoms with Gasteiger partial charge in [-0.3, -0.25) is 15.0 Å². The van der Waals surface area contributed by atoms with Gasteiger partial charge in [-0.25, -0.2) is 0 Å². The maximum atomic E-state index is 13.2. The maximum absolute atomic E-state index is 13.2. The number of hydrogen-bond acceptors (Lipinski definition) is 4. The zero-order chi connectivity index (χ0) is 24.4. The Hall–Kier alpha value is -1.89. The second kappa shape index (κ2) is 11.0. The number of benzene rings is 1. The van der Waals surface area contributed by atoms with Crippen LogP contribution in [0.4, 0.5) is 0 Å². The summed E-state index contributed by atoms with van der Waals surface area (Å²) < 4.78 is 0. The molecule has 7 heteroatoms. The minimum absolute atomic E-state index is 0. The Morgan fingerprint density at radius 3 is 2.00 bits per heavy atom. The van der Waals surface area contributed by atoms with Crippen molar-refractivity contribution in [1.82, 2.24) is 10.2 Å². The molecule has 1 aromatic carbocycles. The van der Waals surface area contributed by atoms with Crippen molar-refractivity contribution in [2.24, 2.45) is 5.92 Å². The van der Waals surface area contributed by atoms with Gasteiger partial charge in [-0.15, -0.1) is 17.0 Å². The van der Waals surface area contributed by atoms with Crippen LogP contribution in [0, 0.1) is 11.3 Å². The lowest BCUT2D eigenvalue weighted by Gasteiger charge is -2.28. The summed E-state index contributed by atoms with van der Waals surface area (Å²) in [6, 6.07) is 3.24. The van der Waals surface area contributed by atoms with Crippen molar-refractivity contribution in [3.05, 3.63) is 28.8 Å². The first-order valence-corrected chi connectivity index (χ1v) is 11.8. The number of nitrogens with one attached hydrogen (secondary N) is 2. The van der Waals surface area contributed by atoms with Gasteiger partial charge in [0.1, 0.15) is 11.6 Å². The van der Waals surface area contributed by atoms with Crippen molar-refractivity contribution in [3.63, 3.8) is 0 Å². The Kier molecular flexibility index (Phi) is 9.73. The van der Waals surface area contributed by atoms with Gasteiger partial charge in [-0.2, -0.15) is 0 Å². The molecule has 0 aromatic heterocycles. The molecule has 1 heterocycles. The van der Waals surface area contributed by atoms with Crippen LogP contribution in [0.2, 0.25) is 0 Å². The molecule has 1 fully saturated rings. The summed E-state index contributed by atoms with van der Waals surface area (Å²) in [5, 5.41) is 22.4. The lowest BCUT2D eigenvalue weighted by atomic mass is 9.78. The summed E-state index contributed by atoms with van der Waals surface area (Å²) in [7, 11) is 0. The quantitative estimate of drug-likeness (QED) is 0.419. The van der Waals surface area contributed by atoms with Crippen molar-refractivity contribution in [1.29, 1.82) is 5.41 Å². The number of phenolic OH excluding ortho intramolecular Hbond substituents is 1. The van der Waals surface area contributed by atoms with Crippen LogP contribution in [0.15, 0.2) is 12.1 Å². The largest absolute Gasteiger partial charge is 0.507 e. The fourth-order valence-electron chi connectivity index (χ4n) is 4.22. The fraction of sp³-hybridized carbons (Fsp3) is 0.654. The second-order valence-corrected chi connectivity index (χ2v) is 11.0. The smallest absolute Gasteiger partial charge is 0.223 e. The van der Waals surface area contributed by atoms with Gasteiger partial charge in [-0.1, -0.05) is 55.4 Å². The van der Waals surface area contributed by atoms with E-state index >= 15 is 0 Å². The van der Waals surface area contributed by atoms with Gasteiger partial charge in [0, 0.05) is 29.2 Å². The van der Waals surface area contributed by atoms with Crippen LogP contribution in [0.1, 0.15) is 96.1 Å². The predicted octanol–water partition coefficient (Wildman–Crippen LogP) is 5.35. The molecule has 1 amide bonds. The molecule has 3 N–H and O–H groups in total. The van der Waals surface area contributed by atoms with E-state index in [-0.39, 0.29) is 63.8 Å². The normalized spacial score (nSPS) is 16.7. The Morgan fingerprint density at radius 1 is 1.09 bits per heavy atom. The summed E-state index contributed by atoms with van der Waals surface area (Å²) in [6.45, 7) is 16.8. The molecule has 0 spiro atoms. The van der Waals surface area contributed by atoms with E-state index in [1.54, 1.807) is 17.0 Å². The minimum Gasteiger partial charge on any atom is -0.507 e. The molecule has 1 atom stereocenters. The number of ketones is 1. The molecule has 0 saturated carbocycles. The first-order valence-electron chi connectivity index (χ1n) is 11.8. The third-order valence-corrected chi connectivity index (χ3v) is 6.41. The standard InChI is InChI=1S/C26H41N3O3.BrH/c1-9-16(10-2)24(32)28-20-11-12-29(23(20)27)15-21(30)17-13-18(25(3,4)5)22(31)19(14-17)26(6,7)8;/h13-14,16,20,27,31H,9-12,15H2,1-8H3,(H,28,32);1H. The summed E-state index contributed by atoms with van der Waals surface area (Å²) in [5.74, 6) is 0.407. The van der Waals surface area contributed by atoms with E-state index in [0.717, 1.165) is 24.0 Å². The molecule has 186 valence electrons. The molecule has 33 heavy (non-hydrogen) atoms. The number of rotatable bonds is 7. The Labute approximate surface area is 209 Å². The van der Waals surface area contributed by atoms with Crippen LogP contribution >= 0.6 is 17.0 Å². The highest BCUT2D eigenvalue weighted by atomic mass is 79.9. The predicted molar refractivity (Wildman–Crippen MR) is 140 cm³/mol. The summed E-state index contributed by atoms with van der Waals surface area (Å²) in [4.78, 5) is 27.4. The molecule has 2 rings (SSSR count). The second-order valence-electron chi connectivity index (χ2n) is 11.0. The number of nitrogens with zero attached hydrogens (tertiary/aromatic N) is 1. The lowest BCUT2D eigenvalue weighted by Crippen LogP contribution is -2.44. The van der Waals surface area contributed by atoms with E-state index in [4.69, 9.17) is 5.41 Å². The zero-order valence-electron chi connectivity index (χ0n) is 21.5. The van der Waals surface area contributed by atoms with E-state index in [1.165, 1.54) is 0 Å². The van der Waals surface area contributed by atoms with Crippen LogP contribution in [0.3, 0.4) is 0 Å². The Bertz CT molecular complexity index is 845. The van der Waals surface area contributed by atoms with Gasteiger partial charge in [0.15, 0.2) is 5.78 Å². The SMILES string of the molecule is Br.CCC(CC)C(=O)NC1CCN(CC(=O)c2cc(C(C)(C)C)c(O)c(C(C)(C)C)c2)C1=N. The van der Waals surface area contributed by atoms with E-state index in [1.807, 2.05) is 55.4 Å². The number of carbonyl (C=O) groups is 2. The van der Waals surface area contributed by atoms with E-state index in [0.29, 0.717) is 24.4 Å². The maximum Gasteiger partial charge on any atom is 0.223 e. The van der Waals surface area contributed by atoms with Gasteiger partial charge in [-0.05, 0) is 42.2 Å². The molecule has 1 aromatic rings. The Balaban J connectivity index is 0.00000544.